The Labute approximate surface area is 275 Å². The average Bonchev–Trinajstić information content (AvgIpc) is 3.15. The maximum Gasteiger partial charge on any atom is 0.208 e. The Hall–Kier alpha value is -6.66. The molecule has 8 rings (SSSR count). The summed E-state index contributed by atoms with van der Waals surface area (Å²) in [5.74, 6) is -4.30. The van der Waals surface area contributed by atoms with Gasteiger partial charge in [0.15, 0.2) is 11.5 Å². The standard InChI is InChI=1S/C42H29NO5/c44-38-37(39(45)41(47)42(48)40(38)46)27-16-20-29(21-17-27)43(28-18-14-26(15-19-28)25-8-2-1-3-9-25)30-22-23-35-33-12-5-4-10-31(33)32-11-6-7-13-34(32)36(35)24-30/h1-24,44-48H. The highest BCUT2D eigenvalue weighted by Crippen LogP contribution is 2.55. The maximum atomic E-state index is 10.6. The van der Waals surface area contributed by atoms with Gasteiger partial charge in [0.2, 0.25) is 17.2 Å². The van der Waals surface area contributed by atoms with Crippen molar-refractivity contribution in [1.82, 2.24) is 0 Å². The normalized spacial score (nSPS) is 11.3. The second kappa shape index (κ2) is 11.3. The van der Waals surface area contributed by atoms with E-state index in [1.54, 1.807) is 12.1 Å². The number of rotatable bonds is 5. The highest BCUT2D eigenvalue weighted by molar-refractivity contribution is 6.25. The number of phenolic OH excluding ortho intramolecular Hbond substituents is 5. The largest absolute Gasteiger partial charge is 0.504 e. The average molecular weight is 628 g/mol. The summed E-state index contributed by atoms with van der Waals surface area (Å²) in [5, 5.41) is 58.3. The minimum Gasteiger partial charge on any atom is -0.504 e. The quantitative estimate of drug-likeness (QED) is 0.0739. The molecule has 5 N–H and O–H groups in total. The van der Waals surface area contributed by atoms with E-state index in [1.165, 1.54) is 16.2 Å². The van der Waals surface area contributed by atoms with Gasteiger partial charge in [-0.2, -0.15) is 0 Å². The molecule has 0 bridgehead atoms. The van der Waals surface area contributed by atoms with Crippen LogP contribution in [0.4, 0.5) is 17.1 Å². The molecule has 0 saturated heterocycles. The lowest BCUT2D eigenvalue weighted by atomic mass is 9.94. The summed E-state index contributed by atoms with van der Waals surface area (Å²) >= 11 is 0. The molecule has 0 aromatic heterocycles. The second-order valence-electron chi connectivity index (χ2n) is 11.7. The molecule has 0 aliphatic rings. The molecule has 232 valence electrons. The smallest absolute Gasteiger partial charge is 0.208 e. The van der Waals surface area contributed by atoms with Gasteiger partial charge in [-0.3, -0.25) is 0 Å². The molecule has 0 radical (unpaired) electrons. The summed E-state index contributed by atoms with van der Waals surface area (Å²) in [5.41, 5.74) is 4.97. The molecule has 0 saturated carbocycles. The van der Waals surface area contributed by atoms with Crippen LogP contribution in [0.3, 0.4) is 0 Å². The monoisotopic (exact) mass is 627 g/mol. The molecule has 0 aliphatic heterocycles. The van der Waals surface area contributed by atoms with Crippen molar-refractivity contribution in [2.45, 2.75) is 0 Å². The third kappa shape index (κ3) is 4.58. The van der Waals surface area contributed by atoms with Gasteiger partial charge >= 0.3 is 0 Å². The van der Waals surface area contributed by atoms with Crippen LogP contribution in [0.25, 0.3) is 54.6 Å². The first kappa shape index (κ1) is 28.8. The maximum absolute atomic E-state index is 10.6. The second-order valence-corrected chi connectivity index (χ2v) is 11.7. The zero-order chi connectivity index (χ0) is 32.9. The zero-order valence-corrected chi connectivity index (χ0v) is 25.5. The van der Waals surface area contributed by atoms with E-state index in [1.807, 2.05) is 30.3 Å². The first-order valence-corrected chi connectivity index (χ1v) is 15.5. The van der Waals surface area contributed by atoms with Crippen LogP contribution in [0.15, 0.2) is 146 Å². The molecule has 0 fully saturated rings. The molecule has 48 heavy (non-hydrogen) atoms. The highest BCUT2D eigenvalue weighted by atomic mass is 16.4. The van der Waals surface area contributed by atoms with Crippen LogP contribution in [0.5, 0.6) is 28.7 Å². The van der Waals surface area contributed by atoms with Gasteiger partial charge in [-0.05, 0) is 85.4 Å². The van der Waals surface area contributed by atoms with Crippen LogP contribution in [0, 0.1) is 0 Å². The SMILES string of the molecule is Oc1c(O)c(O)c(-c2ccc(N(c3ccc(-c4ccccc4)cc3)c3ccc4c5ccccc5c5ccccc5c4c3)cc2)c(O)c1O. The van der Waals surface area contributed by atoms with Gasteiger partial charge in [-0.25, -0.2) is 0 Å². The van der Waals surface area contributed by atoms with Crippen LogP contribution < -0.4 is 4.90 Å². The molecule has 0 spiro atoms. The molecule has 6 heteroatoms. The van der Waals surface area contributed by atoms with Crippen molar-refractivity contribution in [3.8, 4) is 51.0 Å². The fourth-order valence-electron chi connectivity index (χ4n) is 6.65. The molecule has 8 aromatic carbocycles. The van der Waals surface area contributed by atoms with Crippen molar-refractivity contribution in [1.29, 1.82) is 0 Å². The molecular formula is C42H29NO5. The van der Waals surface area contributed by atoms with Gasteiger partial charge in [0.1, 0.15) is 0 Å². The lowest BCUT2D eigenvalue weighted by Gasteiger charge is -2.27. The first-order valence-electron chi connectivity index (χ1n) is 15.5. The number of benzene rings is 8. The van der Waals surface area contributed by atoms with E-state index < -0.39 is 28.7 Å². The molecular weight excluding hydrogens is 598 g/mol. The molecule has 0 atom stereocenters. The van der Waals surface area contributed by atoms with Crippen LogP contribution in [0.1, 0.15) is 0 Å². The zero-order valence-electron chi connectivity index (χ0n) is 25.5. The Bertz CT molecular complexity index is 2430. The Morgan fingerprint density at radius 2 is 0.667 bits per heavy atom. The molecule has 0 amide bonds. The third-order valence-corrected chi connectivity index (χ3v) is 9.00. The summed E-state index contributed by atoms with van der Waals surface area (Å²) < 4.78 is 0. The summed E-state index contributed by atoms with van der Waals surface area (Å²) in [6, 6.07) is 48.9. The van der Waals surface area contributed by atoms with Gasteiger partial charge in [0.05, 0.1) is 5.56 Å². The fraction of sp³-hybridized carbons (Fsp3) is 0. The third-order valence-electron chi connectivity index (χ3n) is 9.00. The Kier molecular flexibility index (Phi) is 6.78. The van der Waals surface area contributed by atoms with E-state index in [2.05, 4.69) is 108 Å². The number of fused-ring (bicyclic) bond motifs is 6. The molecule has 6 nitrogen and oxygen atoms in total. The summed E-state index contributed by atoms with van der Waals surface area (Å²) in [4.78, 5) is 2.13. The van der Waals surface area contributed by atoms with Crippen LogP contribution >= 0.6 is 0 Å². The van der Waals surface area contributed by atoms with Gasteiger partial charge in [-0.15, -0.1) is 0 Å². The highest BCUT2D eigenvalue weighted by Gasteiger charge is 2.24. The summed E-state index contributed by atoms with van der Waals surface area (Å²) in [6.07, 6.45) is 0. The Morgan fingerprint density at radius 1 is 0.292 bits per heavy atom. The van der Waals surface area contributed by atoms with E-state index in [4.69, 9.17) is 0 Å². The predicted octanol–water partition coefficient (Wildman–Crippen LogP) is 10.5. The minimum absolute atomic E-state index is 0.197. The predicted molar refractivity (Wildman–Crippen MR) is 193 cm³/mol. The van der Waals surface area contributed by atoms with E-state index in [0.29, 0.717) is 5.56 Å². The van der Waals surface area contributed by atoms with E-state index in [-0.39, 0.29) is 5.56 Å². The molecule has 0 heterocycles. The summed E-state index contributed by atoms with van der Waals surface area (Å²) in [7, 11) is 0. The molecule has 8 aromatic rings. The van der Waals surface area contributed by atoms with Crippen molar-refractivity contribution in [3.05, 3.63) is 146 Å². The Morgan fingerprint density at radius 3 is 1.19 bits per heavy atom. The minimum atomic E-state index is -0.993. The molecule has 0 unspecified atom stereocenters. The number of hydrogen-bond donors (Lipinski definition) is 5. The topological polar surface area (TPSA) is 104 Å². The number of anilines is 3. The lowest BCUT2D eigenvalue weighted by Crippen LogP contribution is -2.10. The first-order chi connectivity index (χ1) is 23.4. The van der Waals surface area contributed by atoms with Crippen molar-refractivity contribution >= 4 is 49.4 Å². The van der Waals surface area contributed by atoms with Crippen molar-refractivity contribution in [2.24, 2.45) is 0 Å². The van der Waals surface area contributed by atoms with Crippen LogP contribution in [0.2, 0.25) is 0 Å². The summed E-state index contributed by atoms with van der Waals surface area (Å²) in [6.45, 7) is 0. The van der Waals surface area contributed by atoms with Gasteiger partial charge in [0.25, 0.3) is 0 Å². The van der Waals surface area contributed by atoms with Gasteiger partial charge < -0.3 is 30.4 Å². The van der Waals surface area contributed by atoms with Crippen molar-refractivity contribution in [3.63, 3.8) is 0 Å². The number of phenols is 5. The van der Waals surface area contributed by atoms with E-state index in [0.717, 1.165) is 44.3 Å². The van der Waals surface area contributed by atoms with Crippen LogP contribution in [-0.4, -0.2) is 25.5 Å². The van der Waals surface area contributed by atoms with Crippen molar-refractivity contribution < 1.29 is 25.5 Å². The van der Waals surface area contributed by atoms with Crippen molar-refractivity contribution in [2.75, 3.05) is 4.90 Å². The fourth-order valence-corrected chi connectivity index (χ4v) is 6.65. The number of aromatic hydroxyl groups is 5. The van der Waals surface area contributed by atoms with E-state index in [9.17, 15) is 25.5 Å². The Balaban J connectivity index is 1.31. The lowest BCUT2D eigenvalue weighted by molar-refractivity contribution is 0.330. The van der Waals surface area contributed by atoms with Gasteiger partial charge in [0, 0.05) is 17.1 Å². The number of hydrogen-bond acceptors (Lipinski definition) is 6. The van der Waals surface area contributed by atoms with Gasteiger partial charge in [-0.1, -0.05) is 109 Å². The molecule has 0 aliphatic carbocycles. The van der Waals surface area contributed by atoms with Crippen LogP contribution in [-0.2, 0) is 0 Å². The van der Waals surface area contributed by atoms with E-state index >= 15 is 0 Å². The number of nitrogens with zero attached hydrogens (tertiary/aromatic N) is 1.